The van der Waals surface area contributed by atoms with Gasteiger partial charge >= 0.3 is 0 Å². The van der Waals surface area contributed by atoms with Gasteiger partial charge in [-0.2, -0.15) is 0 Å². The molecule has 2 N–H and O–H groups in total. The van der Waals surface area contributed by atoms with E-state index in [1.54, 1.807) is 29.2 Å². The zero-order chi connectivity index (χ0) is 14.7. The number of nitrogens with zero attached hydrogens (tertiary/aromatic N) is 3. The fourth-order valence-corrected chi connectivity index (χ4v) is 1.99. The van der Waals surface area contributed by atoms with Gasteiger partial charge in [-0.25, -0.2) is 14.4 Å². The number of rotatable bonds is 4. The monoisotopic (exact) mass is 274 g/mol. The summed E-state index contributed by atoms with van der Waals surface area (Å²) in [5.41, 5.74) is 6.32. The molecule has 1 aromatic heterocycles. The zero-order valence-electron chi connectivity index (χ0n) is 12.0. The number of nitrogens with two attached hydrogens (primary N) is 1. The lowest BCUT2D eigenvalue weighted by Gasteiger charge is -2.23. The van der Waals surface area contributed by atoms with Gasteiger partial charge in [0.05, 0.1) is 5.69 Å². The van der Waals surface area contributed by atoms with E-state index in [9.17, 15) is 4.39 Å². The average molecular weight is 274 g/mol. The Balaban J connectivity index is 2.50. The first-order valence-electron chi connectivity index (χ1n) is 6.69. The fourth-order valence-electron chi connectivity index (χ4n) is 1.99. The molecule has 0 spiro atoms. The van der Waals surface area contributed by atoms with Crippen molar-refractivity contribution in [1.82, 2.24) is 9.97 Å². The van der Waals surface area contributed by atoms with Gasteiger partial charge < -0.3 is 10.6 Å². The third kappa shape index (κ3) is 2.87. The lowest BCUT2D eigenvalue weighted by atomic mass is 10.2. The predicted molar refractivity (Wildman–Crippen MR) is 79.6 cm³/mol. The maximum absolute atomic E-state index is 14.0. The molecular formula is C15H19FN4. The molecule has 0 amide bonds. The second-order valence-electron chi connectivity index (χ2n) is 4.86. The molecule has 2 aromatic rings. The second kappa shape index (κ2) is 5.86. The van der Waals surface area contributed by atoms with Crippen molar-refractivity contribution in [2.24, 2.45) is 0 Å². The van der Waals surface area contributed by atoms with E-state index in [-0.39, 0.29) is 11.7 Å². The molecular weight excluding hydrogens is 255 g/mol. The van der Waals surface area contributed by atoms with Crippen molar-refractivity contribution in [3.8, 4) is 0 Å². The van der Waals surface area contributed by atoms with Gasteiger partial charge in [0.25, 0.3) is 0 Å². The molecule has 20 heavy (non-hydrogen) atoms. The maximum atomic E-state index is 14.0. The normalized spacial score (nSPS) is 10.8. The number of benzene rings is 1. The van der Waals surface area contributed by atoms with E-state index in [0.29, 0.717) is 29.7 Å². The van der Waals surface area contributed by atoms with E-state index in [2.05, 4.69) is 9.97 Å². The molecule has 106 valence electrons. The van der Waals surface area contributed by atoms with Crippen LogP contribution in [0.3, 0.4) is 0 Å². The lowest BCUT2D eigenvalue weighted by Crippen LogP contribution is -2.20. The number of nitrogen functional groups attached to an aromatic ring is 1. The molecule has 0 saturated carbocycles. The quantitative estimate of drug-likeness (QED) is 0.927. The topological polar surface area (TPSA) is 55.0 Å². The van der Waals surface area contributed by atoms with E-state index in [1.807, 2.05) is 20.8 Å². The Hall–Kier alpha value is -2.17. The summed E-state index contributed by atoms with van der Waals surface area (Å²) in [6.45, 7) is 6.53. The molecule has 5 heteroatoms. The van der Waals surface area contributed by atoms with Crippen molar-refractivity contribution in [2.45, 2.75) is 26.7 Å². The summed E-state index contributed by atoms with van der Waals surface area (Å²) >= 11 is 0. The lowest BCUT2D eigenvalue weighted by molar-refractivity contribution is 0.625. The summed E-state index contributed by atoms with van der Waals surface area (Å²) in [5, 5.41) is 0. The molecule has 0 bridgehead atoms. The molecule has 0 aliphatic rings. The van der Waals surface area contributed by atoms with Crippen molar-refractivity contribution in [3.63, 3.8) is 0 Å². The summed E-state index contributed by atoms with van der Waals surface area (Å²) < 4.78 is 14.0. The van der Waals surface area contributed by atoms with Crippen LogP contribution in [-0.4, -0.2) is 16.5 Å². The first kappa shape index (κ1) is 14.2. The highest BCUT2D eigenvalue weighted by Gasteiger charge is 2.15. The Kier molecular flexibility index (Phi) is 4.17. The van der Waals surface area contributed by atoms with Crippen LogP contribution in [0.25, 0.3) is 0 Å². The van der Waals surface area contributed by atoms with Crippen molar-refractivity contribution < 1.29 is 4.39 Å². The van der Waals surface area contributed by atoms with Crippen LogP contribution in [0.5, 0.6) is 0 Å². The van der Waals surface area contributed by atoms with Crippen molar-refractivity contribution in [1.29, 1.82) is 0 Å². The van der Waals surface area contributed by atoms with Crippen LogP contribution in [0.1, 0.15) is 32.5 Å². The highest BCUT2D eigenvalue weighted by atomic mass is 19.1. The van der Waals surface area contributed by atoms with E-state index in [4.69, 9.17) is 5.73 Å². The van der Waals surface area contributed by atoms with Crippen LogP contribution < -0.4 is 10.6 Å². The number of para-hydroxylation sites is 1. The number of anilines is 3. The van der Waals surface area contributed by atoms with Gasteiger partial charge in [-0.1, -0.05) is 26.0 Å². The largest absolute Gasteiger partial charge is 0.384 e. The molecule has 4 nitrogen and oxygen atoms in total. The Bertz CT molecular complexity index is 598. The SMILES string of the molecule is CCN(c1cc(N)nc(C(C)C)n1)c1ccccc1F. The zero-order valence-corrected chi connectivity index (χ0v) is 12.0. The first-order valence-corrected chi connectivity index (χ1v) is 6.69. The van der Waals surface area contributed by atoms with Gasteiger partial charge in [-0.3, -0.25) is 0 Å². The molecule has 2 rings (SSSR count). The average Bonchev–Trinajstić information content (AvgIpc) is 2.41. The molecule has 0 unspecified atom stereocenters. The molecule has 1 heterocycles. The third-order valence-electron chi connectivity index (χ3n) is 3.00. The number of halogens is 1. The minimum atomic E-state index is -0.280. The van der Waals surface area contributed by atoms with Gasteiger partial charge in [-0.05, 0) is 19.1 Å². The first-order chi connectivity index (χ1) is 9.52. The van der Waals surface area contributed by atoms with Gasteiger partial charge in [0.1, 0.15) is 23.3 Å². The van der Waals surface area contributed by atoms with E-state index in [1.165, 1.54) is 6.07 Å². The highest BCUT2D eigenvalue weighted by Crippen LogP contribution is 2.27. The second-order valence-corrected chi connectivity index (χ2v) is 4.86. The summed E-state index contributed by atoms with van der Waals surface area (Å²) in [5.74, 6) is 1.56. The summed E-state index contributed by atoms with van der Waals surface area (Å²) in [4.78, 5) is 10.5. The van der Waals surface area contributed by atoms with Crippen LogP contribution in [0.15, 0.2) is 30.3 Å². The van der Waals surface area contributed by atoms with Crippen LogP contribution in [-0.2, 0) is 0 Å². The molecule has 1 aromatic carbocycles. The standard InChI is InChI=1S/C15H19FN4/c1-4-20(12-8-6-5-7-11(12)16)14-9-13(17)18-15(19-14)10(2)3/h5-10H,4H2,1-3H3,(H2,17,18,19). The maximum Gasteiger partial charge on any atom is 0.146 e. The fraction of sp³-hybridized carbons (Fsp3) is 0.333. The molecule has 0 aliphatic carbocycles. The Labute approximate surface area is 118 Å². The summed E-state index contributed by atoms with van der Waals surface area (Å²) in [6.07, 6.45) is 0. The van der Waals surface area contributed by atoms with Gasteiger partial charge in [0, 0.05) is 18.5 Å². The summed E-state index contributed by atoms with van der Waals surface area (Å²) in [7, 11) is 0. The van der Waals surface area contributed by atoms with Gasteiger partial charge in [0.2, 0.25) is 0 Å². The van der Waals surface area contributed by atoms with Crippen molar-refractivity contribution in [3.05, 3.63) is 42.0 Å². The smallest absolute Gasteiger partial charge is 0.146 e. The van der Waals surface area contributed by atoms with Crippen LogP contribution >= 0.6 is 0 Å². The minimum Gasteiger partial charge on any atom is -0.384 e. The third-order valence-corrected chi connectivity index (χ3v) is 3.00. The Morgan fingerprint density at radius 3 is 2.55 bits per heavy atom. The van der Waals surface area contributed by atoms with E-state index in [0.717, 1.165) is 0 Å². The van der Waals surface area contributed by atoms with Crippen LogP contribution in [0.2, 0.25) is 0 Å². The Morgan fingerprint density at radius 1 is 1.25 bits per heavy atom. The van der Waals surface area contributed by atoms with Gasteiger partial charge in [0.15, 0.2) is 0 Å². The minimum absolute atomic E-state index is 0.163. The number of hydrogen-bond donors (Lipinski definition) is 1. The number of hydrogen-bond acceptors (Lipinski definition) is 4. The van der Waals surface area contributed by atoms with Crippen LogP contribution in [0, 0.1) is 5.82 Å². The molecule has 0 atom stereocenters. The number of aromatic nitrogens is 2. The molecule has 0 fully saturated rings. The van der Waals surface area contributed by atoms with Crippen molar-refractivity contribution in [2.75, 3.05) is 17.2 Å². The van der Waals surface area contributed by atoms with E-state index >= 15 is 0 Å². The summed E-state index contributed by atoms with van der Waals surface area (Å²) in [6, 6.07) is 8.30. The Morgan fingerprint density at radius 2 is 1.95 bits per heavy atom. The molecule has 0 aliphatic heterocycles. The molecule has 0 saturated heterocycles. The van der Waals surface area contributed by atoms with E-state index < -0.39 is 0 Å². The van der Waals surface area contributed by atoms with Gasteiger partial charge in [-0.15, -0.1) is 0 Å². The van der Waals surface area contributed by atoms with Crippen LogP contribution in [0.4, 0.5) is 21.7 Å². The highest BCUT2D eigenvalue weighted by molar-refractivity contribution is 5.62. The molecule has 0 radical (unpaired) electrons. The predicted octanol–water partition coefficient (Wildman–Crippen LogP) is 3.48. The van der Waals surface area contributed by atoms with Crippen molar-refractivity contribution >= 4 is 17.3 Å².